The molecule has 7 atom stereocenters. The van der Waals surface area contributed by atoms with Crippen LogP contribution in [0.1, 0.15) is 52.1 Å². The Hall–Kier alpha value is -2.37. The van der Waals surface area contributed by atoms with Gasteiger partial charge in [0, 0.05) is 41.7 Å². The number of nitrogens with two attached hydrogens (primary N) is 1. The van der Waals surface area contributed by atoms with Gasteiger partial charge in [0.1, 0.15) is 12.1 Å². The van der Waals surface area contributed by atoms with Crippen LogP contribution in [0.15, 0.2) is 48.7 Å². The van der Waals surface area contributed by atoms with Gasteiger partial charge in [-0.05, 0) is 74.3 Å². The summed E-state index contributed by atoms with van der Waals surface area (Å²) in [5, 5.41) is 0. The summed E-state index contributed by atoms with van der Waals surface area (Å²) in [4.78, 5) is 16.9. The molecule has 2 fully saturated rings. The summed E-state index contributed by atoms with van der Waals surface area (Å²) >= 11 is 0. The maximum Gasteiger partial charge on any atom is 0.123 e. The molecule has 5 heteroatoms. The number of methoxy groups -OCH3 is 1. The number of fused-ring (bicyclic) bond motifs is 1. The van der Waals surface area contributed by atoms with Crippen LogP contribution >= 0.6 is 0 Å². The molecule has 1 aromatic heterocycles. The fraction of sp³-hybridized carbons (Fsp3) is 0.517. The van der Waals surface area contributed by atoms with Crippen molar-refractivity contribution in [2.45, 2.75) is 58.1 Å². The number of aldehydes is 1. The van der Waals surface area contributed by atoms with Crippen molar-refractivity contribution in [1.82, 2.24) is 4.98 Å². The number of carbonyl (C=O) groups is 1. The molecule has 1 aromatic carbocycles. The second-order valence-corrected chi connectivity index (χ2v) is 10.7. The number of ether oxygens (including phenoxy) is 1. The predicted molar refractivity (Wildman–Crippen MR) is 134 cm³/mol. The molecule has 4 rings (SSSR count). The molecule has 5 unspecified atom stereocenters. The lowest BCUT2D eigenvalue weighted by Gasteiger charge is -2.61. The van der Waals surface area contributed by atoms with Crippen molar-refractivity contribution in [2.24, 2.45) is 34.8 Å². The molecule has 2 aromatic rings. The van der Waals surface area contributed by atoms with E-state index in [0.717, 1.165) is 48.8 Å². The van der Waals surface area contributed by atoms with E-state index >= 15 is 0 Å². The summed E-state index contributed by atoms with van der Waals surface area (Å²) in [5.74, 6) is 0.523. The molecule has 0 radical (unpaired) electrons. The van der Waals surface area contributed by atoms with E-state index in [1.54, 1.807) is 19.4 Å². The highest BCUT2D eigenvalue weighted by molar-refractivity contribution is 5.64. The maximum atomic E-state index is 13.6. The average Bonchev–Trinajstić information content (AvgIpc) is 2.84. The van der Waals surface area contributed by atoms with Crippen molar-refractivity contribution >= 4 is 12.4 Å². The summed E-state index contributed by atoms with van der Waals surface area (Å²) in [6.07, 6.45) is 10.9. The number of aromatic nitrogens is 1. The minimum absolute atomic E-state index is 0.0268. The van der Waals surface area contributed by atoms with Crippen LogP contribution in [-0.4, -0.2) is 30.0 Å². The summed E-state index contributed by atoms with van der Waals surface area (Å²) in [6, 6.07) is 10.4. The first kappa shape index (κ1) is 24.7. The third kappa shape index (κ3) is 4.36. The van der Waals surface area contributed by atoms with E-state index < -0.39 is 5.41 Å². The monoisotopic (exact) mass is 464 g/mol. The van der Waals surface area contributed by atoms with E-state index in [1.807, 2.05) is 24.3 Å². The predicted octanol–water partition coefficient (Wildman–Crippen LogP) is 5.91. The van der Waals surface area contributed by atoms with Gasteiger partial charge in [0.05, 0.1) is 11.8 Å². The second-order valence-electron chi connectivity index (χ2n) is 10.7. The lowest BCUT2D eigenvalue weighted by molar-refractivity contribution is -0.144. The van der Waals surface area contributed by atoms with Gasteiger partial charge >= 0.3 is 0 Å². The third-order valence-corrected chi connectivity index (χ3v) is 8.90. The Morgan fingerprint density at radius 1 is 1.24 bits per heavy atom. The maximum absolute atomic E-state index is 13.6. The quantitative estimate of drug-likeness (QED) is 0.540. The first-order valence-corrected chi connectivity index (χ1v) is 12.4. The SMILES string of the molecule is CO[C@@H](C)C1(C)C(C=O)CC2CC(C)CCC2(N)[C@@H]1/C=C/c1ccc(-c2cccc(F)c2)cn1. The molecule has 182 valence electrons. The topological polar surface area (TPSA) is 65.2 Å². The van der Waals surface area contributed by atoms with Crippen molar-refractivity contribution in [1.29, 1.82) is 0 Å². The molecule has 2 aliphatic rings. The number of pyridine rings is 1. The van der Waals surface area contributed by atoms with E-state index in [9.17, 15) is 9.18 Å². The smallest absolute Gasteiger partial charge is 0.123 e. The van der Waals surface area contributed by atoms with Crippen molar-refractivity contribution < 1.29 is 13.9 Å². The Balaban J connectivity index is 1.69. The normalized spacial score (nSPS) is 34.5. The van der Waals surface area contributed by atoms with E-state index in [0.29, 0.717) is 11.8 Å². The van der Waals surface area contributed by atoms with Crippen LogP contribution in [0.4, 0.5) is 4.39 Å². The zero-order valence-corrected chi connectivity index (χ0v) is 20.7. The van der Waals surface area contributed by atoms with Crippen LogP contribution in [0.2, 0.25) is 0 Å². The van der Waals surface area contributed by atoms with E-state index in [4.69, 9.17) is 10.5 Å². The van der Waals surface area contributed by atoms with E-state index in [2.05, 4.69) is 31.8 Å². The summed E-state index contributed by atoms with van der Waals surface area (Å²) < 4.78 is 19.4. The number of nitrogens with zero attached hydrogens (tertiary/aromatic N) is 1. The fourth-order valence-electron chi connectivity index (χ4n) is 6.55. The Bertz CT molecular complexity index is 1040. The van der Waals surface area contributed by atoms with Gasteiger partial charge < -0.3 is 15.3 Å². The molecular weight excluding hydrogens is 427 g/mol. The molecule has 34 heavy (non-hydrogen) atoms. The Morgan fingerprint density at radius 2 is 2.03 bits per heavy atom. The highest BCUT2D eigenvalue weighted by atomic mass is 19.1. The number of hydrogen-bond donors (Lipinski definition) is 1. The molecule has 2 aliphatic carbocycles. The van der Waals surface area contributed by atoms with Crippen molar-refractivity contribution in [3.63, 3.8) is 0 Å². The zero-order chi connectivity index (χ0) is 24.5. The lowest BCUT2D eigenvalue weighted by Crippen LogP contribution is -2.67. The number of hydrogen-bond acceptors (Lipinski definition) is 4. The van der Waals surface area contributed by atoms with Crippen molar-refractivity contribution in [2.75, 3.05) is 7.11 Å². The Morgan fingerprint density at radius 3 is 2.68 bits per heavy atom. The number of halogens is 1. The van der Waals surface area contributed by atoms with Gasteiger partial charge in [-0.15, -0.1) is 0 Å². The van der Waals surface area contributed by atoms with E-state index in [-0.39, 0.29) is 29.3 Å². The highest BCUT2D eigenvalue weighted by Gasteiger charge is 2.60. The number of benzene rings is 1. The van der Waals surface area contributed by atoms with Gasteiger partial charge in [0.15, 0.2) is 0 Å². The van der Waals surface area contributed by atoms with Gasteiger partial charge in [0.2, 0.25) is 0 Å². The highest BCUT2D eigenvalue weighted by Crippen LogP contribution is 2.58. The van der Waals surface area contributed by atoms with Gasteiger partial charge in [0.25, 0.3) is 0 Å². The molecule has 0 bridgehead atoms. The number of carbonyl (C=O) groups excluding carboxylic acids is 1. The van der Waals surface area contributed by atoms with Crippen molar-refractivity contribution in [3.8, 4) is 11.1 Å². The molecular formula is C29H37FN2O2. The molecule has 0 aliphatic heterocycles. The first-order valence-electron chi connectivity index (χ1n) is 12.4. The summed E-state index contributed by atoms with van der Waals surface area (Å²) in [6.45, 7) is 6.51. The van der Waals surface area contributed by atoms with Crippen LogP contribution in [-0.2, 0) is 9.53 Å². The molecule has 2 N–H and O–H groups in total. The number of rotatable bonds is 6. The summed E-state index contributed by atoms with van der Waals surface area (Å²) in [7, 11) is 1.71. The minimum Gasteiger partial charge on any atom is -0.381 e. The van der Waals surface area contributed by atoms with Crippen LogP contribution in [0.5, 0.6) is 0 Å². The molecule has 4 nitrogen and oxygen atoms in total. The second kappa shape index (κ2) is 9.71. The minimum atomic E-state index is -0.416. The van der Waals surface area contributed by atoms with Gasteiger partial charge in [-0.25, -0.2) is 4.39 Å². The van der Waals surface area contributed by atoms with Crippen LogP contribution in [0, 0.1) is 34.9 Å². The molecule has 0 spiro atoms. The molecule has 1 heterocycles. The lowest BCUT2D eigenvalue weighted by atomic mass is 9.46. The Labute approximate surface area is 202 Å². The van der Waals surface area contributed by atoms with Gasteiger partial charge in [-0.2, -0.15) is 0 Å². The standard InChI is InChI=1S/C29H37FN2O2/c1-19-12-13-29(31)23(14-19)16-24(18-33)28(3,20(2)34-4)27(29)11-10-26-9-8-22(17-32-26)21-6-5-7-25(30)15-21/h5-11,15,17-20,23-24,27H,12-14,16,31H2,1-4H3/b11-10+/t19?,20-,23?,24?,27+,28?,29?/m0/s1. The first-order chi connectivity index (χ1) is 16.2. The molecule has 2 saturated carbocycles. The largest absolute Gasteiger partial charge is 0.381 e. The Kier molecular flexibility index (Phi) is 7.07. The van der Waals surface area contributed by atoms with E-state index in [1.165, 1.54) is 12.1 Å². The molecule has 0 saturated heterocycles. The van der Waals surface area contributed by atoms with Gasteiger partial charge in [-0.1, -0.05) is 38.1 Å². The summed E-state index contributed by atoms with van der Waals surface area (Å²) in [5.41, 5.74) is 8.93. The average molecular weight is 465 g/mol. The van der Waals surface area contributed by atoms with Crippen molar-refractivity contribution in [3.05, 3.63) is 60.2 Å². The van der Waals surface area contributed by atoms with Crippen LogP contribution in [0.25, 0.3) is 17.2 Å². The third-order valence-electron chi connectivity index (χ3n) is 8.90. The van der Waals surface area contributed by atoms with Crippen LogP contribution in [0.3, 0.4) is 0 Å². The fourth-order valence-corrected chi connectivity index (χ4v) is 6.55. The van der Waals surface area contributed by atoms with Crippen LogP contribution < -0.4 is 5.73 Å². The zero-order valence-electron chi connectivity index (χ0n) is 20.7. The molecule has 0 amide bonds. The van der Waals surface area contributed by atoms with Gasteiger partial charge in [-0.3, -0.25) is 4.98 Å².